The molecule has 0 atom stereocenters. The number of benzene rings is 1. The number of ether oxygens (including phenoxy) is 1. The first-order valence-corrected chi connectivity index (χ1v) is 4.84. The summed E-state index contributed by atoms with van der Waals surface area (Å²) in [6, 6.07) is 7.37. The standard InChI is InChI=1S/C11H16N2O2.ClH/c1-15-8-9-4-2-3-5-10(9)11(14)13-7-6-12;/h2-5H,6-8,12H2,1H3,(H,13,14);1H. The van der Waals surface area contributed by atoms with Crippen molar-refractivity contribution in [2.45, 2.75) is 6.61 Å². The number of halogens is 1. The fourth-order valence-electron chi connectivity index (χ4n) is 1.30. The minimum Gasteiger partial charge on any atom is -0.380 e. The van der Waals surface area contributed by atoms with Crippen molar-refractivity contribution < 1.29 is 9.53 Å². The molecule has 90 valence electrons. The number of methoxy groups -OCH3 is 1. The lowest BCUT2D eigenvalue weighted by molar-refractivity contribution is 0.0950. The van der Waals surface area contributed by atoms with Crippen LogP contribution in [0.1, 0.15) is 15.9 Å². The number of hydrogen-bond acceptors (Lipinski definition) is 3. The number of amides is 1. The van der Waals surface area contributed by atoms with Crippen LogP contribution in [0.2, 0.25) is 0 Å². The van der Waals surface area contributed by atoms with E-state index >= 15 is 0 Å². The van der Waals surface area contributed by atoms with Gasteiger partial charge in [0.15, 0.2) is 0 Å². The van der Waals surface area contributed by atoms with E-state index in [-0.39, 0.29) is 18.3 Å². The van der Waals surface area contributed by atoms with E-state index in [1.54, 1.807) is 13.2 Å². The highest BCUT2D eigenvalue weighted by Gasteiger charge is 2.09. The van der Waals surface area contributed by atoms with Gasteiger partial charge in [0.25, 0.3) is 5.91 Å². The molecule has 1 aromatic carbocycles. The van der Waals surface area contributed by atoms with Gasteiger partial charge < -0.3 is 15.8 Å². The Morgan fingerprint density at radius 2 is 2.12 bits per heavy atom. The Labute approximate surface area is 102 Å². The SMILES string of the molecule is COCc1ccccc1C(=O)NCCN.Cl. The van der Waals surface area contributed by atoms with Gasteiger partial charge in [-0.1, -0.05) is 18.2 Å². The third-order valence-corrected chi connectivity index (χ3v) is 1.99. The molecular weight excluding hydrogens is 228 g/mol. The second kappa shape index (κ2) is 8.10. The Morgan fingerprint density at radius 3 is 2.75 bits per heavy atom. The first kappa shape index (κ1) is 14.9. The molecule has 0 heterocycles. The van der Waals surface area contributed by atoms with Crippen LogP contribution >= 0.6 is 12.4 Å². The molecule has 1 rings (SSSR count). The summed E-state index contributed by atoms with van der Waals surface area (Å²) in [5.41, 5.74) is 6.84. The smallest absolute Gasteiger partial charge is 0.251 e. The van der Waals surface area contributed by atoms with E-state index in [1.165, 1.54) is 0 Å². The molecule has 0 aliphatic heterocycles. The maximum atomic E-state index is 11.7. The maximum absolute atomic E-state index is 11.7. The van der Waals surface area contributed by atoms with Crippen molar-refractivity contribution in [3.05, 3.63) is 35.4 Å². The Hall–Kier alpha value is -1.10. The predicted molar refractivity (Wildman–Crippen MR) is 65.8 cm³/mol. The monoisotopic (exact) mass is 244 g/mol. The van der Waals surface area contributed by atoms with E-state index in [0.29, 0.717) is 25.3 Å². The Kier molecular flexibility index (Phi) is 7.54. The zero-order valence-corrected chi connectivity index (χ0v) is 10.0. The van der Waals surface area contributed by atoms with Gasteiger partial charge in [-0.05, 0) is 11.6 Å². The molecule has 1 amide bonds. The number of carbonyl (C=O) groups is 1. The molecule has 0 saturated carbocycles. The summed E-state index contributed by atoms with van der Waals surface area (Å²) in [7, 11) is 1.61. The number of hydrogen-bond donors (Lipinski definition) is 2. The van der Waals surface area contributed by atoms with E-state index in [4.69, 9.17) is 10.5 Å². The lowest BCUT2D eigenvalue weighted by atomic mass is 10.1. The Morgan fingerprint density at radius 1 is 1.44 bits per heavy atom. The molecule has 3 N–H and O–H groups in total. The van der Waals surface area contributed by atoms with Crippen LogP contribution in [0.4, 0.5) is 0 Å². The lowest BCUT2D eigenvalue weighted by Crippen LogP contribution is -2.29. The van der Waals surface area contributed by atoms with Crippen molar-refractivity contribution in [2.75, 3.05) is 20.2 Å². The molecular formula is C11H17ClN2O2. The second-order valence-electron chi connectivity index (χ2n) is 3.13. The highest BCUT2D eigenvalue weighted by Crippen LogP contribution is 2.09. The van der Waals surface area contributed by atoms with E-state index in [9.17, 15) is 4.79 Å². The molecule has 0 radical (unpaired) electrons. The number of rotatable bonds is 5. The van der Waals surface area contributed by atoms with Crippen LogP contribution in [0.3, 0.4) is 0 Å². The van der Waals surface area contributed by atoms with Gasteiger partial charge >= 0.3 is 0 Å². The molecule has 16 heavy (non-hydrogen) atoms. The van der Waals surface area contributed by atoms with Crippen molar-refractivity contribution in [3.63, 3.8) is 0 Å². The highest BCUT2D eigenvalue weighted by molar-refractivity contribution is 5.95. The van der Waals surface area contributed by atoms with E-state index in [1.807, 2.05) is 18.2 Å². The molecule has 0 aliphatic carbocycles. The first-order chi connectivity index (χ1) is 7.29. The van der Waals surface area contributed by atoms with Crippen LogP contribution in [0.5, 0.6) is 0 Å². The average Bonchev–Trinajstić information content (AvgIpc) is 2.27. The Bertz CT molecular complexity index is 332. The van der Waals surface area contributed by atoms with Gasteiger partial charge in [-0.3, -0.25) is 4.79 Å². The van der Waals surface area contributed by atoms with Gasteiger partial charge in [0.05, 0.1) is 6.61 Å². The van der Waals surface area contributed by atoms with E-state index < -0.39 is 0 Å². The molecule has 4 nitrogen and oxygen atoms in total. The zero-order chi connectivity index (χ0) is 11.1. The second-order valence-corrected chi connectivity index (χ2v) is 3.13. The third-order valence-electron chi connectivity index (χ3n) is 1.99. The van der Waals surface area contributed by atoms with Crippen LogP contribution < -0.4 is 11.1 Å². The maximum Gasteiger partial charge on any atom is 0.251 e. The predicted octanol–water partition coefficient (Wildman–Crippen LogP) is 0.943. The molecule has 0 bridgehead atoms. The van der Waals surface area contributed by atoms with Gasteiger partial charge in [0.2, 0.25) is 0 Å². The van der Waals surface area contributed by atoms with Crippen LogP contribution in [0.25, 0.3) is 0 Å². The van der Waals surface area contributed by atoms with Gasteiger partial charge in [-0.15, -0.1) is 12.4 Å². The number of nitrogens with one attached hydrogen (secondary N) is 1. The van der Waals surface area contributed by atoms with Crippen LogP contribution in [0.15, 0.2) is 24.3 Å². The first-order valence-electron chi connectivity index (χ1n) is 4.84. The van der Waals surface area contributed by atoms with Crippen molar-refractivity contribution in [2.24, 2.45) is 5.73 Å². The molecule has 0 fully saturated rings. The fraction of sp³-hybridized carbons (Fsp3) is 0.364. The molecule has 5 heteroatoms. The number of nitrogens with two attached hydrogens (primary N) is 1. The highest BCUT2D eigenvalue weighted by atomic mass is 35.5. The molecule has 0 aromatic heterocycles. The van der Waals surface area contributed by atoms with Gasteiger partial charge in [-0.25, -0.2) is 0 Å². The normalized spacial score (nSPS) is 9.38. The topological polar surface area (TPSA) is 64.3 Å². The lowest BCUT2D eigenvalue weighted by Gasteiger charge is -2.08. The van der Waals surface area contributed by atoms with Gasteiger partial charge in [0, 0.05) is 25.8 Å². The zero-order valence-electron chi connectivity index (χ0n) is 9.23. The Balaban J connectivity index is 0.00000225. The molecule has 0 spiro atoms. The van der Waals surface area contributed by atoms with Gasteiger partial charge in [0.1, 0.15) is 0 Å². The largest absolute Gasteiger partial charge is 0.380 e. The van der Waals surface area contributed by atoms with Crippen LogP contribution in [-0.4, -0.2) is 26.1 Å². The summed E-state index contributed by atoms with van der Waals surface area (Å²) in [6.07, 6.45) is 0. The minimum absolute atomic E-state index is 0. The molecule has 1 aromatic rings. The quantitative estimate of drug-likeness (QED) is 0.811. The minimum atomic E-state index is -0.104. The summed E-state index contributed by atoms with van der Waals surface area (Å²) in [5, 5.41) is 2.73. The summed E-state index contributed by atoms with van der Waals surface area (Å²) in [6.45, 7) is 1.37. The molecule has 0 aliphatic rings. The van der Waals surface area contributed by atoms with Crippen molar-refractivity contribution >= 4 is 18.3 Å². The third kappa shape index (κ3) is 4.18. The fourth-order valence-corrected chi connectivity index (χ4v) is 1.30. The van der Waals surface area contributed by atoms with Crippen molar-refractivity contribution in [3.8, 4) is 0 Å². The van der Waals surface area contributed by atoms with E-state index in [0.717, 1.165) is 5.56 Å². The van der Waals surface area contributed by atoms with Gasteiger partial charge in [-0.2, -0.15) is 0 Å². The van der Waals surface area contributed by atoms with Crippen molar-refractivity contribution in [1.82, 2.24) is 5.32 Å². The summed E-state index contributed by atoms with van der Waals surface area (Å²) in [5.74, 6) is -0.104. The number of carbonyl (C=O) groups excluding carboxylic acids is 1. The van der Waals surface area contributed by atoms with Crippen LogP contribution in [-0.2, 0) is 11.3 Å². The molecule has 0 unspecified atom stereocenters. The van der Waals surface area contributed by atoms with Crippen LogP contribution in [0, 0.1) is 0 Å². The average molecular weight is 245 g/mol. The summed E-state index contributed by atoms with van der Waals surface area (Å²) < 4.78 is 5.02. The van der Waals surface area contributed by atoms with E-state index in [2.05, 4.69) is 5.32 Å². The van der Waals surface area contributed by atoms with Crippen molar-refractivity contribution in [1.29, 1.82) is 0 Å². The summed E-state index contributed by atoms with van der Waals surface area (Å²) >= 11 is 0. The molecule has 0 saturated heterocycles. The summed E-state index contributed by atoms with van der Waals surface area (Å²) in [4.78, 5) is 11.7.